The molecule has 1 aliphatic rings. The van der Waals surface area contributed by atoms with Crippen molar-refractivity contribution < 1.29 is 47.6 Å². The van der Waals surface area contributed by atoms with Crippen LogP contribution in [0.2, 0.25) is 0 Å². The van der Waals surface area contributed by atoms with E-state index in [0.29, 0.717) is 5.75 Å². The first-order valence-corrected chi connectivity index (χ1v) is 9.60. The number of rotatable bonds is 7. The molecule has 0 aromatic heterocycles. The molecule has 2 rings (SSSR count). The Morgan fingerprint density at radius 1 is 0.839 bits per heavy atom. The van der Waals surface area contributed by atoms with Gasteiger partial charge in [-0.05, 0) is 24.6 Å². The van der Waals surface area contributed by atoms with Crippen LogP contribution in [0.4, 0.5) is 0 Å². The van der Waals surface area contributed by atoms with Gasteiger partial charge in [0.2, 0.25) is 12.4 Å². The van der Waals surface area contributed by atoms with Crippen molar-refractivity contribution >= 4 is 23.9 Å². The second-order valence-electron chi connectivity index (χ2n) is 7.00. The van der Waals surface area contributed by atoms with Crippen LogP contribution in [0.1, 0.15) is 33.3 Å². The molecule has 1 aromatic rings. The van der Waals surface area contributed by atoms with E-state index >= 15 is 0 Å². The third kappa shape index (κ3) is 7.25. The summed E-state index contributed by atoms with van der Waals surface area (Å²) in [4.78, 5) is 46.6. The Balaban J connectivity index is 2.44. The number of benzene rings is 1. The van der Waals surface area contributed by atoms with Gasteiger partial charge in [-0.15, -0.1) is 0 Å². The first-order valence-electron chi connectivity index (χ1n) is 9.60. The zero-order chi connectivity index (χ0) is 23.1. The largest absolute Gasteiger partial charge is 0.463 e. The second-order valence-corrected chi connectivity index (χ2v) is 7.00. The smallest absolute Gasteiger partial charge is 0.303 e. The fraction of sp³-hybridized carbons (Fsp3) is 0.524. The standard InChI is InChI=1S/C21H26O10/c1-11-7-6-8-16(9-11)30-21-20(29-15(5)25)19(28-14(4)24)18(27-13(3)23)17(31-21)10-26-12(2)22/h6-9,17-21H,10H2,1-5H3/t17-,18-,19+,20-,21-/m1/s1. The minimum absolute atomic E-state index is 0.314. The monoisotopic (exact) mass is 438 g/mol. The van der Waals surface area contributed by atoms with E-state index in [2.05, 4.69) is 0 Å². The Labute approximate surface area is 179 Å². The third-order valence-corrected chi connectivity index (χ3v) is 4.19. The number of ether oxygens (including phenoxy) is 6. The highest BCUT2D eigenvalue weighted by molar-refractivity contribution is 5.68. The topological polar surface area (TPSA) is 124 Å². The summed E-state index contributed by atoms with van der Waals surface area (Å²) in [6.07, 6.45) is -6.06. The quantitative estimate of drug-likeness (QED) is 0.456. The lowest BCUT2D eigenvalue weighted by atomic mass is 9.98. The van der Waals surface area contributed by atoms with Crippen LogP contribution in [-0.2, 0) is 42.9 Å². The highest BCUT2D eigenvalue weighted by atomic mass is 16.7. The van der Waals surface area contributed by atoms with Gasteiger partial charge in [0.15, 0.2) is 12.2 Å². The molecule has 0 spiro atoms. The SMILES string of the molecule is CC(=O)OC[C@H]1O[C@@H](Oc2cccc(C)c2)[C@H](OC(C)=O)[C@@H](OC(C)=O)[C@@H]1OC(C)=O. The normalized spacial score (nSPS) is 25.1. The number of aryl methyl sites for hydroxylation is 1. The molecule has 0 unspecified atom stereocenters. The van der Waals surface area contributed by atoms with Gasteiger partial charge >= 0.3 is 23.9 Å². The Kier molecular flexibility index (Phi) is 8.38. The van der Waals surface area contributed by atoms with Crippen LogP contribution in [0.3, 0.4) is 0 Å². The van der Waals surface area contributed by atoms with E-state index in [1.54, 1.807) is 18.2 Å². The van der Waals surface area contributed by atoms with Crippen LogP contribution >= 0.6 is 0 Å². The van der Waals surface area contributed by atoms with E-state index in [0.717, 1.165) is 19.4 Å². The van der Waals surface area contributed by atoms with Crippen molar-refractivity contribution in [2.24, 2.45) is 0 Å². The molecule has 10 heteroatoms. The lowest BCUT2D eigenvalue weighted by Gasteiger charge is -2.43. The van der Waals surface area contributed by atoms with Crippen molar-refractivity contribution in [3.8, 4) is 5.75 Å². The predicted molar refractivity (Wildman–Crippen MR) is 104 cm³/mol. The molecule has 0 bridgehead atoms. The summed E-state index contributed by atoms with van der Waals surface area (Å²) in [5, 5.41) is 0. The highest BCUT2D eigenvalue weighted by Gasteiger charge is 2.53. The lowest BCUT2D eigenvalue weighted by Crippen LogP contribution is -2.63. The number of esters is 4. The maximum absolute atomic E-state index is 11.8. The summed E-state index contributed by atoms with van der Waals surface area (Å²) in [6.45, 7) is 6.23. The molecule has 1 aromatic carbocycles. The number of carbonyl (C=O) groups is 4. The van der Waals surface area contributed by atoms with E-state index in [1.807, 2.05) is 13.0 Å². The summed E-state index contributed by atoms with van der Waals surface area (Å²) in [5.41, 5.74) is 0.906. The zero-order valence-corrected chi connectivity index (χ0v) is 18.0. The molecule has 1 fully saturated rings. The van der Waals surface area contributed by atoms with Gasteiger partial charge in [0.1, 0.15) is 18.5 Å². The number of carbonyl (C=O) groups excluding carboxylic acids is 4. The molecule has 170 valence electrons. The number of hydrogen-bond donors (Lipinski definition) is 0. The van der Waals surface area contributed by atoms with E-state index in [9.17, 15) is 19.2 Å². The molecule has 10 nitrogen and oxygen atoms in total. The van der Waals surface area contributed by atoms with Gasteiger partial charge in [0.05, 0.1) is 0 Å². The average Bonchev–Trinajstić information content (AvgIpc) is 2.64. The van der Waals surface area contributed by atoms with Crippen LogP contribution in [0.15, 0.2) is 24.3 Å². The van der Waals surface area contributed by atoms with Crippen molar-refractivity contribution in [2.75, 3.05) is 6.61 Å². The summed E-state index contributed by atoms with van der Waals surface area (Å²) < 4.78 is 32.8. The molecule has 0 saturated carbocycles. The van der Waals surface area contributed by atoms with Gasteiger partial charge in [0.25, 0.3) is 0 Å². The molecular formula is C21H26O10. The number of hydrogen-bond acceptors (Lipinski definition) is 10. The first kappa shape index (κ1) is 24.1. The van der Waals surface area contributed by atoms with Gasteiger partial charge in [-0.2, -0.15) is 0 Å². The Morgan fingerprint density at radius 3 is 1.97 bits per heavy atom. The van der Waals surface area contributed by atoms with E-state index in [1.165, 1.54) is 13.8 Å². The molecule has 31 heavy (non-hydrogen) atoms. The van der Waals surface area contributed by atoms with Crippen molar-refractivity contribution in [2.45, 2.75) is 65.3 Å². The first-order chi connectivity index (χ1) is 14.6. The van der Waals surface area contributed by atoms with Gasteiger partial charge < -0.3 is 28.4 Å². The Morgan fingerprint density at radius 2 is 1.42 bits per heavy atom. The summed E-state index contributed by atoms with van der Waals surface area (Å²) >= 11 is 0. The van der Waals surface area contributed by atoms with Gasteiger partial charge in [-0.3, -0.25) is 19.2 Å². The summed E-state index contributed by atoms with van der Waals surface area (Å²) in [7, 11) is 0. The van der Waals surface area contributed by atoms with Crippen molar-refractivity contribution in [3.63, 3.8) is 0 Å². The Hall–Kier alpha value is -3.14. The maximum Gasteiger partial charge on any atom is 0.303 e. The van der Waals surface area contributed by atoms with Gasteiger partial charge in [-0.1, -0.05) is 12.1 Å². The molecule has 0 N–H and O–H groups in total. The van der Waals surface area contributed by atoms with E-state index < -0.39 is 54.6 Å². The molecule has 0 radical (unpaired) electrons. The average molecular weight is 438 g/mol. The molecule has 1 aliphatic heterocycles. The highest BCUT2D eigenvalue weighted by Crippen LogP contribution is 2.31. The van der Waals surface area contributed by atoms with Crippen molar-refractivity contribution in [1.29, 1.82) is 0 Å². The van der Waals surface area contributed by atoms with Crippen LogP contribution < -0.4 is 4.74 Å². The lowest BCUT2D eigenvalue weighted by molar-refractivity contribution is -0.288. The molecule has 1 saturated heterocycles. The molecule has 1 heterocycles. The molecule has 0 amide bonds. The third-order valence-electron chi connectivity index (χ3n) is 4.19. The van der Waals surface area contributed by atoms with Crippen LogP contribution in [0.5, 0.6) is 5.75 Å². The summed E-state index contributed by atoms with van der Waals surface area (Å²) in [6, 6.07) is 7.02. The predicted octanol–water partition coefficient (Wildman–Crippen LogP) is 1.46. The second kappa shape index (κ2) is 10.8. The minimum atomic E-state index is -1.27. The van der Waals surface area contributed by atoms with Crippen molar-refractivity contribution in [3.05, 3.63) is 29.8 Å². The maximum atomic E-state index is 11.8. The fourth-order valence-corrected chi connectivity index (χ4v) is 3.11. The van der Waals surface area contributed by atoms with Crippen LogP contribution in [0.25, 0.3) is 0 Å². The van der Waals surface area contributed by atoms with Crippen molar-refractivity contribution in [1.82, 2.24) is 0 Å². The van der Waals surface area contributed by atoms with Crippen LogP contribution in [-0.4, -0.2) is 61.2 Å². The zero-order valence-electron chi connectivity index (χ0n) is 18.0. The van der Waals surface area contributed by atoms with E-state index in [-0.39, 0.29) is 6.61 Å². The summed E-state index contributed by atoms with van der Waals surface area (Å²) in [5.74, 6) is -2.28. The minimum Gasteiger partial charge on any atom is -0.463 e. The van der Waals surface area contributed by atoms with Gasteiger partial charge in [-0.25, -0.2) is 0 Å². The fourth-order valence-electron chi connectivity index (χ4n) is 3.11. The van der Waals surface area contributed by atoms with Gasteiger partial charge in [0, 0.05) is 27.7 Å². The molecular weight excluding hydrogens is 412 g/mol. The molecule has 5 atom stereocenters. The van der Waals surface area contributed by atoms with E-state index in [4.69, 9.17) is 28.4 Å². The Bertz CT molecular complexity index is 820. The molecule has 0 aliphatic carbocycles. The van der Waals surface area contributed by atoms with Crippen LogP contribution in [0, 0.1) is 6.92 Å².